The SMILES string of the molecule is O=C(Nc1cnc(N2CCCCC2)nc1)Nc1cc(C(F)(F)F)cc(C(F)(F)F)c1. The lowest BCUT2D eigenvalue weighted by molar-refractivity contribution is -0.143. The minimum absolute atomic E-state index is 0.0176. The zero-order chi connectivity index (χ0) is 21.9. The summed E-state index contributed by atoms with van der Waals surface area (Å²) in [7, 11) is 0. The Labute approximate surface area is 167 Å². The zero-order valence-electron chi connectivity index (χ0n) is 15.4. The van der Waals surface area contributed by atoms with Gasteiger partial charge < -0.3 is 15.5 Å². The molecule has 0 unspecified atom stereocenters. The summed E-state index contributed by atoms with van der Waals surface area (Å²) < 4.78 is 77.4. The fourth-order valence-electron chi connectivity index (χ4n) is 2.96. The molecule has 2 N–H and O–H groups in total. The zero-order valence-corrected chi connectivity index (χ0v) is 15.4. The van der Waals surface area contributed by atoms with E-state index in [1.807, 2.05) is 10.2 Å². The van der Waals surface area contributed by atoms with Crippen LogP contribution in [0.25, 0.3) is 0 Å². The second kappa shape index (κ2) is 8.36. The van der Waals surface area contributed by atoms with Gasteiger partial charge in [-0.1, -0.05) is 0 Å². The number of carbonyl (C=O) groups is 1. The number of urea groups is 1. The average Bonchev–Trinajstić information content (AvgIpc) is 2.67. The highest BCUT2D eigenvalue weighted by atomic mass is 19.4. The second-order valence-electron chi connectivity index (χ2n) is 6.69. The summed E-state index contributed by atoms with van der Waals surface area (Å²) in [5, 5.41) is 4.26. The first-order valence-electron chi connectivity index (χ1n) is 8.97. The van der Waals surface area contributed by atoms with Crippen LogP contribution in [-0.2, 0) is 12.4 Å². The lowest BCUT2D eigenvalue weighted by Gasteiger charge is -2.26. The van der Waals surface area contributed by atoms with Crippen LogP contribution in [0.2, 0.25) is 0 Å². The molecular weight excluding hydrogens is 416 g/mol. The molecule has 1 saturated heterocycles. The number of anilines is 3. The molecule has 0 atom stereocenters. The molecule has 1 aromatic heterocycles. The predicted molar refractivity (Wildman–Crippen MR) is 97.2 cm³/mol. The quantitative estimate of drug-likeness (QED) is 0.657. The summed E-state index contributed by atoms with van der Waals surface area (Å²) in [5.41, 5.74) is -3.57. The predicted octanol–water partition coefficient (Wildman–Crippen LogP) is 5.15. The van der Waals surface area contributed by atoms with Crippen LogP contribution in [0.15, 0.2) is 30.6 Å². The molecular formula is C18H17F6N5O. The molecule has 12 heteroatoms. The first kappa shape index (κ1) is 21.7. The van der Waals surface area contributed by atoms with Gasteiger partial charge in [-0.15, -0.1) is 0 Å². The molecule has 2 heterocycles. The topological polar surface area (TPSA) is 70.2 Å². The first-order valence-corrected chi connectivity index (χ1v) is 8.97. The molecule has 0 spiro atoms. The van der Waals surface area contributed by atoms with E-state index in [1.165, 1.54) is 12.4 Å². The molecule has 0 bridgehead atoms. The standard InChI is InChI=1S/C18H17F6N5O/c19-17(20,21)11-6-12(18(22,23)24)8-13(7-11)27-16(30)28-14-9-25-15(26-10-14)29-4-2-1-3-5-29/h6-10H,1-5H2,(H2,27,28,30). The van der Waals surface area contributed by atoms with Gasteiger partial charge in [0, 0.05) is 18.8 Å². The number of nitrogens with one attached hydrogen (secondary N) is 2. The van der Waals surface area contributed by atoms with E-state index in [1.54, 1.807) is 0 Å². The fraction of sp³-hybridized carbons (Fsp3) is 0.389. The highest BCUT2D eigenvalue weighted by Gasteiger charge is 2.37. The van der Waals surface area contributed by atoms with Crippen molar-refractivity contribution in [2.75, 3.05) is 28.6 Å². The number of hydrogen-bond donors (Lipinski definition) is 2. The van der Waals surface area contributed by atoms with Crippen LogP contribution in [-0.4, -0.2) is 29.1 Å². The number of aromatic nitrogens is 2. The Balaban J connectivity index is 1.71. The van der Waals surface area contributed by atoms with E-state index in [4.69, 9.17) is 0 Å². The van der Waals surface area contributed by atoms with Crippen LogP contribution in [0, 0.1) is 0 Å². The average molecular weight is 433 g/mol. The van der Waals surface area contributed by atoms with Crippen molar-refractivity contribution in [1.82, 2.24) is 9.97 Å². The number of nitrogens with zero attached hydrogens (tertiary/aromatic N) is 3. The summed E-state index contributed by atoms with van der Waals surface area (Å²) in [6, 6.07) is -0.206. The third-order valence-electron chi connectivity index (χ3n) is 4.38. The van der Waals surface area contributed by atoms with Gasteiger partial charge in [-0.25, -0.2) is 14.8 Å². The molecule has 3 rings (SSSR count). The molecule has 1 aliphatic rings. The van der Waals surface area contributed by atoms with E-state index in [2.05, 4.69) is 15.3 Å². The second-order valence-corrected chi connectivity index (χ2v) is 6.69. The number of carbonyl (C=O) groups excluding carboxylic acids is 1. The van der Waals surface area contributed by atoms with E-state index < -0.39 is 35.2 Å². The van der Waals surface area contributed by atoms with Crippen molar-refractivity contribution in [2.45, 2.75) is 31.6 Å². The smallest absolute Gasteiger partial charge is 0.341 e. The maximum atomic E-state index is 12.9. The monoisotopic (exact) mass is 433 g/mol. The van der Waals surface area contributed by atoms with Gasteiger partial charge in [0.15, 0.2) is 0 Å². The van der Waals surface area contributed by atoms with Gasteiger partial charge >= 0.3 is 18.4 Å². The minimum Gasteiger partial charge on any atom is -0.341 e. The van der Waals surface area contributed by atoms with Gasteiger partial charge in [0.25, 0.3) is 0 Å². The van der Waals surface area contributed by atoms with Crippen molar-refractivity contribution in [1.29, 1.82) is 0 Å². The van der Waals surface area contributed by atoms with Gasteiger partial charge in [-0.2, -0.15) is 26.3 Å². The summed E-state index contributed by atoms with van der Waals surface area (Å²) in [6.45, 7) is 1.62. The van der Waals surface area contributed by atoms with Crippen molar-refractivity contribution in [2.24, 2.45) is 0 Å². The number of halogens is 6. The molecule has 162 valence electrons. The Hall–Kier alpha value is -3.05. The van der Waals surface area contributed by atoms with Crippen LogP contribution in [0.5, 0.6) is 0 Å². The van der Waals surface area contributed by atoms with Gasteiger partial charge in [0.2, 0.25) is 5.95 Å². The van der Waals surface area contributed by atoms with E-state index in [0.717, 1.165) is 32.4 Å². The van der Waals surface area contributed by atoms with Crippen LogP contribution in [0.3, 0.4) is 0 Å². The lowest BCUT2D eigenvalue weighted by Crippen LogP contribution is -2.31. The molecule has 2 amide bonds. The van der Waals surface area contributed by atoms with E-state index in [9.17, 15) is 31.1 Å². The third-order valence-corrected chi connectivity index (χ3v) is 4.38. The Bertz CT molecular complexity index is 859. The van der Waals surface area contributed by atoms with Crippen LogP contribution in [0.1, 0.15) is 30.4 Å². The van der Waals surface area contributed by atoms with Gasteiger partial charge in [-0.05, 0) is 37.5 Å². The third kappa shape index (κ3) is 5.51. The normalized spacial score (nSPS) is 15.1. The van der Waals surface area contributed by atoms with Crippen molar-refractivity contribution in [3.63, 3.8) is 0 Å². The minimum atomic E-state index is -5.01. The molecule has 30 heavy (non-hydrogen) atoms. The number of rotatable bonds is 3. The molecule has 2 aromatic rings. The first-order chi connectivity index (χ1) is 14.0. The Morgan fingerprint density at radius 1 is 0.800 bits per heavy atom. The Kier molecular flexibility index (Phi) is 6.04. The molecule has 1 aromatic carbocycles. The molecule has 0 aliphatic carbocycles. The van der Waals surface area contributed by atoms with E-state index in [0.29, 0.717) is 18.1 Å². The van der Waals surface area contributed by atoms with Gasteiger partial charge in [0.05, 0.1) is 29.2 Å². The van der Waals surface area contributed by atoms with Gasteiger partial charge in [-0.3, -0.25) is 0 Å². The summed E-state index contributed by atoms with van der Waals surface area (Å²) >= 11 is 0. The number of alkyl halides is 6. The largest absolute Gasteiger partial charge is 0.416 e. The van der Waals surface area contributed by atoms with Crippen molar-refractivity contribution >= 4 is 23.4 Å². The summed E-state index contributed by atoms with van der Waals surface area (Å²) in [5.74, 6) is 0.480. The maximum Gasteiger partial charge on any atom is 0.416 e. The van der Waals surface area contributed by atoms with E-state index >= 15 is 0 Å². The Morgan fingerprint density at radius 3 is 1.80 bits per heavy atom. The maximum absolute atomic E-state index is 12.9. The summed E-state index contributed by atoms with van der Waals surface area (Å²) in [6.07, 6.45) is -4.24. The molecule has 6 nitrogen and oxygen atoms in total. The number of hydrogen-bond acceptors (Lipinski definition) is 4. The number of piperidine rings is 1. The molecule has 0 radical (unpaired) electrons. The molecule has 1 aliphatic heterocycles. The van der Waals surface area contributed by atoms with Crippen molar-refractivity contribution in [3.8, 4) is 0 Å². The molecule has 0 saturated carbocycles. The molecule has 1 fully saturated rings. The Morgan fingerprint density at radius 2 is 1.30 bits per heavy atom. The number of amides is 2. The van der Waals surface area contributed by atoms with Crippen molar-refractivity contribution in [3.05, 3.63) is 41.7 Å². The van der Waals surface area contributed by atoms with E-state index in [-0.39, 0.29) is 11.8 Å². The number of benzene rings is 1. The van der Waals surface area contributed by atoms with Crippen LogP contribution >= 0.6 is 0 Å². The lowest BCUT2D eigenvalue weighted by atomic mass is 10.1. The highest BCUT2D eigenvalue weighted by Crippen LogP contribution is 2.37. The van der Waals surface area contributed by atoms with Gasteiger partial charge in [0.1, 0.15) is 0 Å². The fourth-order valence-corrected chi connectivity index (χ4v) is 2.96. The highest BCUT2D eigenvalue weighted by molar-refractivity contribution is 5.99. The van der Waals surface area contributed by atoms with Crippen LogP contribution < -0.4 is 15.5 Å². The van der Waals surface area contributed by atoms with Crippen LogP contribution in [0.4, 0.5) is 48.5 Å². The van der Waals surface area contributed by atoms with Crippen molar-refractivity contribution < 1.29 is 31.1 Å². The summed E-state index contributed by atoms with van der Waals surface area (Å²) in [4.78, 5) is 22.3.